The van der Waals surface area contributed by atoms with Crippen molar-refractivity contribution in [1.29, 1.82) is 0 Å². The van der Waals surface area contributed by atoms with Crippen LogP contribution >= 0.6 is 0 Å². The van der Waals surface area contributed by atoms with Gasteiger partial charge in [-0.05, 0) is 81.2 Å². The van der Waals surface area contributed by atoms with Gasteiger partial charge in [0.1, 0.15) is 0 Å². The van der Waals surface area contributed by atoms with Gasteiger partial charge in [-0.15, -0.1) is 0 Å². The molecule has 1 atom stereocenters. The number of carbonyl (C=O) groups excluding carboxylic acids is 1. The van der Waals surface area contributed by atoms with E-state index in [9.17, 15) is 4.79 Å². The van der Waals surface area contributed by atoms with E-state index >= 15 is 0 Å². The summed E-state index contributed by atoms with van der Waals surface area (Å²) in [6, 6.07) is 9.25. The van der Waals surface area contributed by atoms with Crippen LogP contribution in [0, 0.1) is 5.92 Å². The van der Waals surface area contributed by atoms with Crippen LogP contribution in [0.4, 0.5) is 0 Å². The summed E-state index contributed by atoms with van der Waals surface area (Å²) in [4.78, 5) is 24.0. The van der Waals surface area contributed by atoms with E-state index in [1.165, 1.54) is 55.2 Å². The van der Waals surface area contributed by atoms with Gasteiger partial charge >= 0.3 is 0 Å². The minimum atomic E-state index is 0.300. The summed E-state index contributed by atoms with van der Waals surface area (Å²) in [7, 11) is 0. The number of aromatic nitrogens is 1. The largest absolute Gasteiger partial charge is 0.361 e. The number of nitrogens with one attached hydrogen (secondary N) is 1. The van der Waals surface area contributed by atoms with E-state index < -0.39 is 0 Å². The van der Waals surface area contributed by atoms with E-state index in [2.05, 4.69) is 43.9 Å². The standard InChI is InChI=1S/C25H36N4O/c30-25(22-5-3-6-22)29(16-15-27-12-1-2-13-27)23-7-4-14-28(19-23)18-20-8-9-21-10-11-26-24(21)17-20/h8-11,17,22-23,26H,1-7,12-16,18-19H2/t23-/m0/s1. The maximum absolute atomic E-state index is 13.3. The fourth-order valence-electron chi connectivity index (χ4n) is 5.50. The van der Waals surface area contributed by atoms with Crippen molar-refractivity contribution in [3.63, 3.8) is 0 Å². The minimum Gasteiger partial charge on any atom is -0.361 e. The van der Waals surface area contributed by atoms with Crippen LogP contribution in [0.3, 0.4) is 0 Å². The molecule has 2 saturated heterocycles. The maximum atomic E-state index is 13.3. The summed E-state index contributed by atoms with van der Waals surface area (Å²) in [5.74, 6) is 0.745. The average Bonchev–Trinajstić information content (AvgIpc) is 3.38. The van der Waals surface area contributed by atoms with Crippen molar-refractivity contribution >= 4 is 16.8 Å². The molecule has 5 heteroatoms. The second-order valence-corrected chi connectivity index (χ2v) is 9.64. The van der Waals surface area contributed by atoms with Crippen LogP contribution in [0.2, 0.25) is 0 Å². The Morgan fingerprint density at radius 1 is 1.00 bits per heavy atom. The van der Waals surface area contributed by atoms with Gasteiger partial charge in [0.2, 0.25) is 5.91 Å². The Hall–Kier alpha value is -1.85. The van der Waals surface area contributed by atoms with Gasteiger partial charge < -0.3 is 14.8 Å². The Morgan fingerprint density at radius 3 is 2.63 bits per heavy atom. The van der Waals surface area contributed by atoms with Crippen molar-refractivity contribution in [2.45, 2.75) is 57.5 Å². The summed E-state index contributed by atoms with van der Waals surface area (Å²) in [6.45, 7) is 7.52. The molecule has 3 fully saturated rings. The maximum Gasteiger partial charge on any atom is 0.226 e. The lowest BCUT2D eigenvalue weighted by atomic mass is 9.83. The fraction of sp³-hybridized carbons (Fsp3) is 0.640. The molecule has 1 aromatic carbocycles. The molecule has 1 N–H and O–H groups in total. The van der Waals surface area contributed by atoms with E-state index in [4.69, 9.17) is 0 Å². The first kappa shape index (κ1) is 20.1. The fourth-order valence-corrected chi connectivity index (χ4v) is 5.50. The third-order valence-corrected chi connectivity index (χ3v) is 7.54. The van der Waals surface area contributed by atoms with Crippen molar-refractivity contribution in [3.05, 3.63) is 36.0 Å². The quantitative estimate of drug-likeness (QED) is 0.757. The number of benzene rings is 1. The van der Waals surface area contributed by atoms with Crippen LogP contribution < -0.4 is 0 Å². The third-order valence-electron chi connectivity index (χ3n) is 7.54. The number of H-pyrrole nitrogens is 1. The van der Waals surface area contributed by atoms with Gasteiger partial charge in [-0.25, -0.2) is 0 Å². The lowest BCUT2D eigenvalue weighted by molar-refractivity contribution is -0.142. The summed E-state index contributed by atoms with van der Waals surface area (Å²) < 4.78 is 0. The SMILES string of the molecule is O=C(C1CCC1)N(CCN1CCCC1)[C@H]1CCCN(Cc2ccc3cc[nH]c3c2)C1. The second kappa shape index (κ2) is 9.11. The molecule has 1 aliphatic carbocycles. The van der Waals surface area contributed by atoms with Crippen molar-refractivity contribution in [2.24, 2.45) is 5.92 Å². The number of rotatable bonds is 7. The van der Waals surface area contributed by atoms with Crippen molar-refractivity contribution < 1.29 is 4.79 Å². The van der Waals surface area contributed by atoms with Crippen molar-refractivity contribution in [1.82, 2.24) is 19.7 Å². The number of fused-ring (bicyclic) bond motifs is 1. The lowest BCUT2D eigenvalue weighted by Gasteiger charge is -2.42. The zero-order valence-electron chi connectivity index (χ0n) is 18.2. The molecule has 3 heterocycles. The minimum absolute atomic E-state index is 0.300. The number of hydrogen-bond acceptors (Lipinski definition) is 3. The molecule has 0 bridgehead atoms. The number of hydrogen-bond donors (Lipinski definition) is 1. The highest BCUT2D eigenvalue weighted by Crippen LogP contribution is 2.30. The van der Waals surface area contributed by atoms with E-state index in [1.54, 1.807) is 0 Å². The Balaban J connectivity index is 1.24. The molecule has 1 saturated carbocycles. The van der Waals surface area contributed by atoms with Crippen LogP contribution in [0.5, 0.6) is 0 Å². The van der Waals surface area contributed by atoms with Crippen LogP contribution in [-0.2, 0) is 11.3 Å². The molecule has 0 spiro atoms. The first-order valence-electron chi connectivity index (χ1n) is 12.1. The molecule has 1 aromatic heterocycles. The van der Waals surface area contributed by atoms with Crippen LogP contribution in [-0.4, -0.2) is 70.9 Å². The summed E-state index contributed by atoms with van der Waals surface area (Å²) in [5, 5.41) is 1.27. The molecular weight excluding hydrogens is 372 g/mol. The monoisotopic (exact) mass is 408 g/mol. The second-order valence-electron chi connectivity index (χ2n) is 9.64. The van der Waals surface area contributed by atoms with Gasteiger partial charge in [0, 0.05) is 49.9 Å². The molecule has 5 nitrogen and oxygen atoms in total. The first-order valence-corrected chi connectivity index (χ1v) is 12.1. The highest BCUT2D eigenvalue weighted by Gasteiger charge is 2.35. The topological polar surface area (TPSA) is 42.6 Å². The predicted molar refractivity (Wildman–Crippen MR) is 121 cm³/mol. The first-order chi connectivity index (χ1) is 14.8. The normalized spacial score (nSPS) is 23.7. The number of piperidine rings is 1. The van der Waals surface area contributed by atoms with Crippen LogP contribution in [0.25, 0.3) is 10.9 Å². The zero-order chi connectivity index (χ0) is 20.3. The molecular formula is C25H36N4O. The highest BCUT2D eigenvalue weighted by molar-refractivity contribution is 5.80. The Morgan fingerprint density at radius 2 is 1.83 bits per heavy atom. The molecule has 30 heavy (non-hydrogen) atoms. The van der Waals surface area contributed by atoms with Gasteiger partial charge in [0.05, 0.1) is 0 Å². The molecule has 162 valence electrons. The molecule has 2 aliphatic heterocycles. The van der Waals surface area contributed by atoms with Crippen molar-refractivity contribution in [3.8, 4) is 0 Å². The summed E-state index contributed by atoms with van der Waals surface area (Å²) >= 11 is 0. The van der Waals surface area contributed by atoms with E-state index in [0.717, 1.165) is 52.0 Å². The third kappa shape index (κ3) is 4.42. The Kier molecular flexibility index (Phi) is 6.09. The molecule has 5 rings (SSSR count). The van der Waals surface area contributed by atoms with Gasteiger partial charge in [-0.1, -0.05) is 18.6 Å². The summed E-state index contributed by atoms with van der Waals surface area (Å²) in [5.41, 5.74) is 2.58. The molecule has 0 unspecified atom stereocenters. The number of amides is 1. The van der Waals surface area contributed by atoms with Crippen LogP contribution in [0.1, 0.15) is 50.5 Å². The molecule has 2 aromatic rings. The average molecular weight is 409 g/mol. The molecule has 3 aliphatic rings. The Bertz CT molecular complexity index is 852. The van der Waals surface area contributed by atoms with Crippen molar-refractivity contribution in [2.75, 3.05) is 39.3 Å². The number of aromatic amines is 1. The predicted octanol–water partition coefficient (Wildman–Crippen LogP) is 3.86. The number of likely N-dealkylation sites (tertiary alicyclic amines) is 2. The summed E-state index contributed by atoms with van der Waals surface area (Å²) in [6.07, 6.45) is 10.4. The lowest BCUT2D eigenvalue weighted by Crippen LogP contribution is -2.54. The molecule has 1 amide bonds. The number of carbonyl (C=O) groups is 1. The molecule has 0 radical (unpaired) electrons. The van der Waals surface area contributed by atoms with Crippen LogP contribution in [0.15, 0.2) is 30.5 Å². The van der Waals surface area contributed by atoms with Gasteiger partial charge in [0.15, 0.2) is 0 Å². The van der Waals surface area contributed by atoms with Gasteiger partial charge in [-0.3, -0.25) is 9.69 Å². The number of nitrogens with zero attached hydrogens (tertiary/aromatic N) is 3. The van der Waals surface area contributed by atoms with E-state index in [-0.39, 0.29) is 0 Å². The Labute approximate surface area is 180 Å². The zero-order valence-corrected chi connectivity index (χ0v) is 18.2. The van der Waals surface area contributed by atoms with E-state index in [0.29, 0.717) is 17.9 Å². The van der Waals surface area contributed by atoms with Gasteiger partial charge in [0.25, 0.3) is 0 Å². The van der Waals surface area contributed by atoms with E-state index in [1.807, 2.05) is 6.20 Å². The smallest absolute Gasteiger partial charge is 0.226 e. The highest BCUT2D eigenvalue weighted by atomic mass is 16.2. The van der Waals surface area contributed by atoms with Gasteiger partial charge in [-0.2, -0.15) is 0 Å².